The van der Waals surface area contributed by atoms with Crippen molar-refractivity contribution in [3.63, 3.8) is 0 Å². The lowest BCUT2D eigenvalue weighted by Gasteiger charge is -2.09. The molecule has 0 aliphatic heterocycles. The number of hydrogen-bond donors (Lipinski definition) is 2. The molecule has 1 saturated carbocycles. The van der Waals surface area contributed by atoms with Crippen molar-refractivity contribution in [1.29, 1.82) is 0 Å². The number of carboxylic acid groups (broad SMARTS) is 1. The van der Waals surface area contributed by atoms with Crippen LogP contribution in [0.4, 0.5) is 5.69 Å². The van der Waals surface area contributed by atoms with E-state index in [1.807, 2.05) is 28.8 Å². The predicted molar refractivity (Wildman–Crippen MR) is 115 cm³/mol. The van der Waals surface area contributed by atoms with Gasteiger partial charge in [-0.05, 0) is 60.6 Å². The van der Waals surface area contributed by atoms with Gasteiger partial charge in [-0.15, -0.1) is 0 Å². The highest BCUT2D eigenvalue weighted by Crippen LogP contribution is 2.47. The minimum atomic E-state index is -1.12. The van der Waals surface area contributed by atoms with E-state index in [4.69, 9.17) is 16.7 Å². The van der Waals surface area contributed by atoms with Crippen molar-refractivity contribution in [2.45, 2.75) is 18.8 Å². The Morgan fingerprint density at radius 3 is 2.80 bits per heavy atom. The normalized spacial score (nSPS) is 13.5. The maximum Gasteiger partial charge on any atom is 0.337 e. The second-order valence-electron chi connectivity index (χ2n) is 7.07. The van der Waals surface area contributed by atoms with Crippen LogP contribution in [0.5, 0.6) is 0 Å². The summed E-state index contributed by atoms with van der Waals surface area (Å²) in [5.41, 5.74) is 3.89. The number of nitrogens with zero attached hydrogens (tertiary/aromatic N) is 3. The SMILES string of the molecule is O=C(O)c1ccc(NC(=O)c2snc(-c3cccc4nccn34)c2C2CC2)cc1Cl. The lowest BCUT2D eigenvalue weighted by molar-refractivity contribution is 0.0697. The van der Waals surface area contributed by atoms with E-state index in [-0.39, 0.29) is 16.5 Å². The van der Waals surface area contributed by atoms with E-state index in [9.17, 15) is 9.59 Å². The van der Waals surface area contributed by atoms with Crippen LogP contribution in [0.3, 0.4) is 0 Å². The van der Waals surface area contributed by atoms with Gasteiger partial charge in [0.1, 0.15) is 16.2 Å². The van der Waals surface area contributed by atoms with Crippen LogP contribution in [0.25, 0.3) is 17.0 Å². The maximum atomic E-state index is 13.0. The molecule has 4 aromatic rings. The number of imidazole rings is 1. The molecule has 1 aromatic carbocycles. The average molecular weight is 439 g/mol. The minimum absolute atomic E-state index is 0.0122. The summed E-state index contributed by atoms with van der Waals surface area (Å²) in [6, 6.07) is 10.2. The zero-order valence-corrected chi connectivity index (χ0v) is 17.1. The van der Waals surface area contributed by atoms with Gasteiger partial charge in [0, 0.05) is 23.6 Å². The van der Waals surface area contributed by atoms with Crippen molar-refractivity contribution in [1.82, 2.24) is 13.8 Å². The smallest absolute Gasteiger partial charge is 0.337 e. The van der Waals surface area contributed by atoms with Crippen molar-refractivity contribution in [3.8, 4) is 11.4 Å². The topological polar surface area (TPSA) is 96.6 Å². The van der Waals surface area contributed by atoms with Crippen molar-refractivity contribution >= 4 is 46.3 Å². The summed E-state index contributed by atoms with van der Waals surface area (Å²) in [5, 5.41) is 12.0. The van der Waals surface area contributed by atoms with Gasteiger partial charge in [-0.3, -0.25) is 9.20 Å². The third kappa shape index (κ3) is 3.24. The van der Waals surface area contributed by atoms with Gasteiger partial charge in [-0.25, -0.2) is 9.78 Å². The zero-order chi connectivity index (χ0) is 20.8. The molecule has 7 nitrogen and oxygen atoms in total. The highest BCUT2D eigenvalue weighted by atomic mass is 35.5. The standard InChI is InChI=1S/C21H15ClN4O3S/c22-14-10-12(6-7-13(14)21(28)29)24-20(27)19-17(11-4-5-11)18(25-30-19)15-2-1-3-16-23-8-9-26(15)16/h1-3,6-11H,4-5H2,(H,24,27)(H,28,29). The van der Waals surface area contributed by atoms with Gasteiger partial charge in [-0.1, -0.05) is 17.7 Å². The molecule has 1 aliphatic rings. The molecule has 5 rings (SSSR count). The Morgan fingerprint density at radius 2 is 2.07 bits per heavy atom. The van der Waals surface area contributed by atoms with E-state index in [2.05, 4.69) is 14.7 Å². The van der Waals surface area contributed by atoms with E-state index in [0.717, 1.165) is 35.4 Å². The molecule has 0 unspecified atom stereocenters. The van der Waals surface area contributed by atoms with E-state index in [1.165, 1.54) is 29.7 Å². The quantitative estimate of drug-likeness (QED) is 0.460. The largest absolute Gasteiger partial charge is 0.478 e. The summed E-state index contributed by atoms with van der Waals surface area (Å²) < 4.78 is 6.59. The number of rotatable bonds is 5. The number of anilines is 1. The molecule has 0 radical (unpaired) electrons. The van der Waals surface area contributed by atoms with Crippen LogP contribution in [0, 0.1) is 0 Å². The number of carbonyl (C=O) groups excluding carboxylic acids is 1. The molecule has 150 valence electrons. The van der Waals surface area contributed by atoms with Gasteiger partial charge >= 0.3 is 5.97 Å². The third-order valence-electron chi connectivity index (χ3n) is 5.05. The lowest BCUT2D eigenvalue weighted by Crippen LogP contribution is -2.12. The molecule has 3 aromatic heterocycles. The van der Waals surface area contributed by atoms with Crippen LogP contribution in [-0.2, 0) is 0 Å². The number of carbonyl (C=O) groups is 2. The Labute approximate surface area is 180 Å². The first-order chi connectivity index (χ1) is 14.5. The molecule has 3 heterocycles. The summed E-state index contributed by atoms with van der Waals surface area (Å²) in [6.45, 7) is 0. The molecule has 9 heteroatoms. The van der Waals surface area contributed by atoms with Crippen LogP contribution >= 0.6 is 23.1 Å². The number of benzene rings is 1. The molecule has 0 saturated heterocycles. The van der Waals surface area contributed by atoms with Gasteiger partial charge in [0.05, 0.1) is 16.3 Å². The van der Waals surface area contributed by atoms with Gasteiger partial charge < -0.3 is 10.4 Å². The van der Waals surface area contributed by atoms with Crippen molar-refractivity contribution in [2.24, 2.45) is 0 Å². The number of fused-ring (bicyclic) bond motifs is 1. The fraction of sp³-hybridized carbons (Fsp3) is 0.143. The molecule has 0 atom stereocenters. The second-order valence-corrected chi connectivity index (χ2v) is 8.25. The number of pyridine rings is 1. The summed E-state index contributed by atoms with van der Waals surface area (Å²) in [4.78, 5) is 29.0. The second kappa shape index (κ2) is 7.23. The van der Waals surface area contributed by atoms with Gasteiger partial charge in [0.15, 0.2) is 0 Å². The first-order valence-corrected chi connectivity index (χ1v) is 10.4. The average Bonchev–Trinajstić information content (AvgIpc) is 3.26. The van der Waals surface area contributed by atoms with Crippen molar-refractivity contribution in [3.05, 3.63) is 69.8 Å². The first kappa shape index (κ1) is 18.8. The molecule has 1 amide bonds. The lowest BCUT2D eigenvalue weighted by atomic mass is 10.1. The van der Waals surface area contributed by atoms with Crippen LogP contribution in [0.15, 0.2) is 48.8 Å². The fourth-order valence-electron chi connectivity index (χ4n) is 3.49. The Morgan fingerprint density at radius 1 is 1.23 bits per heavy atom. The number of halogens is 1. The third-order valence-corrected chi connectivity index (χ3v) is 6.22. The van der Waals surface area contributed by atoms with Gasteiger partial charge in [0.2, 0.25) is 0 Å². The molecule has 0 bridgehead atoms. The van der Waals surface area contributed by atoms with Crippen molar-refractivity contribution in [2.75, 3.05) is 5.32 Å². The Kier molecular flexibility index (Phi) is 4.52. The first-order valence-electron chi connectivity index (χ1n) is 9.29. The predicted octanol–water partition coefficient (Wildman–Crippen LogP) is 4.94. The highest BCUT2D eigenvalue weighted by molar-refractivity contribution is 7.08. The number of carboxylic acids is 1. The Hall–Kier alpha value is -3.23. The molecule has 30 heavy (non-hydrogen) atoms. The van der Waals surface area contributed by atoms with Crippen LogP contribution in [0.2, 0.25) is 5.02 Å². The van der Waals surface area contributed by atoms with E-state index in [1.54, 1.807) is 6.20 Å². The monoisotopic (exact) mass is 438 g/mol. The number of aromatic carboxylic acids is 1. The Balaban J connectivity index is 1.51. The number of aromatic nitrogens is 3. The molecule has 1 aliphatic carbocycles. The molecule has 1 fully saturated rings. The zero-order valence-electron chi connectivity index (χ0n) is 15.5. The summed E-state index contributed by atoms with van der Waals surface area (Å²) in [6.07, 6.45) is 5.65. The van der Waals surface area contributed by atoms with E-state index < -0.39 is 5.97 Å². The molecule has 0 spiro atoms. The minimum Gasteiger partial charge on any atom is -0.478 e. The summed E-state index contributed by atoms with van der Waals surface area (Å²) >= 11 is 7.19. The summed E-state index contributed by atoms with van der Waals surface area (Å²) in [7, 11) is 0. The van der Waals surface area contributed by atoms with Crippen LogP contribution < -0.4 is 5.32 Å². The highest BCUT2D eigenvalue weighted by Gasteiger charge is 2.34. The van der Waals surface area contributed by atoms with E-state index in [0.29, 0.717) is 16.5 Å². The number of nitrogens with one attached hydrogen (secondary N) is 1. The van der Waals surface area contributed by atoms with Gasteiger partial charge in [0.25, 0.3) is 5.91 Å². The van der Waals surface area contributed by atoms with Crippen molar-refractivity contribution < 1.29 is 14.7 Å². The maximum absolute atomic E-state index is 13.0. The van der Waals surface area contributed by atoms with E-state index >= 15 is 0 Å². The summed E-state index contributed by atoms with van der Waals surface area (Å²) in [5.74, 6) is -1.09. The van der Waals surface area contributed by atoms with Crippen LogP contribution in [0.1, 0.15) is 44.4 Å². The molecular weight excluding hydrogens is 424 g/mol. The fourth-order valence-corrected chi connectivity index (χ4v) is 4.62. The molecular formula is C21H15ClN4O3S. The van der Waals surface area contributed by atoms with Crippen LogP contribution in [-0.4, -0.2) is 30.7 Å². The molecule has 2 N–H and O–H groups in total. The number of hydrogen-bond acceptors (Lipinski definition) is 5. The number of amides is 1. The Bertz CT molecular complexity index is 1310. The van der Waals surface area contributed by atoms with Gasteiger partial charge in [-0.2, -0.15) is 4.37 Å².